The fraction of sp³-hybridized carbons (Fsp3) is 0.263. The van der Waals surface area contributed by atoms with Crippen LogP contribution in [-0.2, 0) is 0 Å². The van der Waals surface area contributed by atoms with E-state index in [2.05, 4.69) is 4.98 Å². The number of amides is 1. The Bertz CT molecular complexity index is 936. The maximum absolute atomic E-state index is 13.3. The molecule has 1 amide bonds. The summed E-state index contributed by atoms with van der Waals surface area (Å²) in [5.41, 5.74) is 1.38. The molecule has 0 unspecified atom stereocenters. The summed E-state index contributed by atoms with van der Waals surface area (Å²) in [5, 5.41) is 1.16. The van der Waals surface area contributed by atoms with Gasteiger partial charge >= 0.3 is 0 Å². The van der Waals surface area contributed by atoms with Gasteiger partial charge in [0.05, 0.1) is 10.2 Å². The minimum Gasteiger partial charge on any atom is -0.467 e. The van der Waals surface area contributed by atoms with Gasteiger partial charge in [0, 0.05) is 36.5 Å². The van der Waals surface area contributed by atoms with Crippen LogP contribution in [0.3, 0.4) is 0 Å². The molecule has 0 radical (unpaired) electrons. The lowest BCUT2D eigenvalue weighted by atomic mass is 10.1. The van der Waals surface area contributed by atoms with Crippen molar-refractivity contribution in [3.8, 4) is 5.19 Å². The van der Waals surface area contributed by atoms with Crippen molar-refractivity contribution in [3.63, 3.8) is 0 Å². The molecule has 2 aromatic carbocycles. The molecule has 0 aliphatic carbocycles. The van der Waals surface area contributed by atoms with E-state index in [0.717, 1.165) is 23.1 Å². The van der Waals surface area contributed by atoms with Crippen molar-refractivity contribution in [1.82, 2.24) is 9.88 Å². The zero-order chi connectivity index (χ0) is 18.1. The predicted molar refractivity (Wildman–Crippen MR) is 101 cm³/mol. The number of hydrogen-bond donors (Lipinski definition) is 0. The summed E-state index contributed by atoms with van der Waals surface area (Å²) in [7, 11) is 0. The third kappa shape index (κ3) is 3.66. The number of ether oxygens (including phenoxy) is 1. The molecule has 134 valence electrons. The summed E-state index contributed by atoms with van der Waals surface area (Å²) in [6.07, 6.45) is 1.49. The lowest BCUT2D eigenvalue weighted by Crippen LogP contribution is -2.41. The average Bonchev–Trinajstić information content (AvgIpc) is 3.03. The highest BCUT2D eigenvalue weighted by atomic mass is 35.5. The number of carbonyl (C=O) groups excluding carboxylic acids is 1. The fourth-order valence-electron chi connectivity index (χ4n) is 3.02. The van der Waals surface area contributed by atoms with Crippen molar-refractivity contribution in [2.45, 2.75) is 18.9 Å². The first-order chi connectivity index (χ1) is 12.6. The van der Waals surface area contributed by atoms with Gasteiger partial charge in [0.2, 0.25) is 0 Å². The topological polar surface area (TPSA) is 42.4 Å². The molecular formula is C19H16ClFN2O2S. The third-order valence-corrected chi connectivity index (χ3v) is 5.58. The number of benzene rings is 2. The van der Waals surface area contributed by atoms with Crippen LogP contribution >= 0.6 is 22.9 Å². The summed E-state index contributed by atoms with van der Waals surface area (Å²) in [6.45, 7) is 1.26. The molecule has 1 fully saturated rings. The highest BCUT2D eigenvalue weighted by Crippen LogP contribution is 2.30. The van der Waals surface area contributed by atoms with E-state index >= 15 is 0 Å². The lowest BCUT2D eigenvalue weighted by Gasteiger charge is -2.31. The van der Waals surface area contributed by atoms with Gasteiger partial charge in [-0.15, -0.1) is 0 Å². The molecule has 2 heterocycles. The molecule has 1 aliphatic heterocycles. The van der Waals surface area contributed by atoms with Crippen LogP contribution in [-0.4, -0.2) is 35.0 Å². The standard InChI is InChI=1S/C19H16ClFN2O2S/c20-13-3-1-12(2-4-13)18(24)23-9-7-15(8-10-23)25-19-22-16-6-5-14(21)11-17(16)26-19/h1-6,11,15H,7-10H2. The number of aromatic nitrogens is 1. The van der Waals surface area contributed by atoms with E-state index in [1.807, 2.05) is 4.90 Å². The van der Waals surface area contributed by atoms with Gasteiger partial charge < -0.3 is 9.64 Å². The third-order valence-electron chi connectivity index (χ3n) is 4.42. The highest BCUT2D eigenvalue weighted by molar-refractivity contribution is 7.20. The molecule has 4 rings (SSSR count). The Morgan fingerprint density at radius 1 is 1.19 bits per heavy atom. The van der Waals surface area contributed by atoms with Gasteiger partial charge in [-0.1, -0.05) is 22.9 Å². The zero-order valence-electron chi connectivity index (χ0n) is 13.8. The minimum absolute atomic E-state index is 0.00896. The Hall–Kier alpha value is -2.18. The average molecular weight is 391 g/mol. The molecule has 0 saturated carbocycles. The molecule has 0 spiro atoms. The van der Waals surface area contributed by atoms with E-state index < -0.39 is 0 Å². The fourth-order valence-corrected chi connectivity index (χ4v) is 4.05. The van der Waals surface area contributed by atoms with Crippen LogP contribution in [0.25, 0.3) is 10.2 Å². The maximum atomic E-state index is 13.3. The molecule has 7 heteroatoms. The quantitative estimate of drug-likeness (QED) is 0.646. The molecule has 4 nitrogen and oxygen atoms in total. The molecule has 3 aromatic rings. The second-order valence-corrected chi connectivity index (χ2v) is 7.64. The first-order valence-corrected chi connectivity index (χ1v) is 9.55. The number of hydrogen-bond acceptors (Lipinski definition) is 4. The maximum Gasteiger partial charge on any atom is 0.274 e. The highest BCUT2D eigenvalue weighted by Gasteiger charge is 2.25. The van der Waals surface area contributed by atoms with Crippen molar-refractivity contribution in [3.05, 3.63) is 58.9 Å². The van der Waals surface area contributed by atoms with Crippen molar-refractivity contribution in [2.75, 3.05) is 13.1 Å². The van der Waals surface area contributed by atoms with Crippen LogP contribution in [0.4, 0.5) is 4.39 Å². The van der Waals surface area contributed by atoms with Crippen LogP contribution in [0.2, 0.25) is 5.02 Å². The lowest BCUT2D eigenvalue weighted by molar-refractivity contribution is 0.0595. The van der Waals surface area contributed by atoms with Gasteiger partial charge in [-0.2, -0.15) is 0 Å². The number of halogens is 2. The summed E-state index contributed by atoms with van der Waals surface area (Å²) in [6, 6.07) is 11.4. The number of likely N-dealkylation sites (tertiary alicyclic amines) is 1. The molecule has 1 saturated heterocycles. The number of fused-ring (bicyclic) bond motifs is 1. The molecule has 1 aliphatic rings. The van der Waals surface area contributed by atoms with E-state index in [0.29, 0.717) is 28.9 Å². The normalized spacial score (nSPS) is 15.4. The summed E-state index contributed by atoms with van der Waals surface area (Å²) in [4.78, 5) is 18.7. The number of thiazole rings is 1. The number of nitrogens with zero attached hydrogens (tertiary/aromatic N) is 2. The van der Waals surface area contributed by atoms with E-state index in [1.165, 1.54) is 23.5 Å². The monoisotopic (exact) mass is 390 g/mol. The minimum atomic E-state index is -0.276. The molecule has 0 N–H and O–H groups in total. The van der Waals surface area contributed by atoms with Crippen molar-refractivity contribution >= 4 is 39.1 Å². The van der Waals surface area contributed by atoms with Gasteiger partial charge in [-0.3, -0.25) is 4.79 Å². The summed E-state index contributed by atoms with van der Waals surface area (Å²) >= 11 is 7.21. The molecule has 1 aromatic heterocycles. The smallest absolute Gasteiger partial charge is 0.274 e. The second-order valence-electron chi connectivity index (χ2n) is 6.21. The summed E-state index contributed by atoms with van der Waals surface area (Å²) < 4.78 is 20.0. The van der Waals surface area contributed by atoms with Crippen molar-refractivity contribution in [1.29, 1.82) is 0 Å². The Morgan fingerprint density at radius 2 is 1.92 bits per heavy atom. The van der Waals surface area contributed by atoms with Crippen LogP contribution < -0.4 is 4.74 Å². The molecule has 26 heavy (non-hydrogen) atoms. The van der Waals surface area contributed by atoms with Gasteiger partial charge in [0.15, 0.2) is 0 Å². The van der Waals surface area contributed by atoms with Crippen LogP contribution in [0, 0.1) is 5.82 Å². The van der Waals surface area contributed by atoms with Crippen LogP contribution in [0.5, 0.6) is 5.19 Å². The second kappa shape index (κ2) is 7.21. The van der Waals surface area contributed by atoms with Gasteiger partial charge in [0.25, 0.3) is 11.1 Å². The van der Waals surface area contributed by atoms with E-state index in [4.69, 9.17) is 16.3 Å². The predicted octanol–water partition coefficient (Wildman–Crippen LogP) is 4.77. The SMILES string of the molecule is O=C(c1ccc(Cl)cc1)N1CCC(Oc2nc3ccc(F)cc3s2)CC1. The Kier molecular flexibility index (Phi) is 4.78. The van der Waals surface area contributed by atoms with Crippen LogP contribution in [0.15, 0.2) is 42.5 Å². The Morgan fingerprint density at radius 3 is 2.65 bits per heavy atom. The van der Waals surface area contributed by atoms with Crippen molar-refractivity contribution < 1.29 is 13.9 Å². The van der Waals surface area contributed by atoms with Gasteiger partial charge in [0.1, 0.15) is 11.9 Å². The summed E-state index contributed by atoms with van der Waals surface area (Å²) in [5.74, 6) is -0.266. The Balaban J connectivity index is 1.37. The zero-order valence-corrected chi connectivity index (χ0v) is 15.4. The van der Waals surface area contributed by atoms with Crippen molar-refractivity contribution in [2.24, 2.45) is 0 Å². The Labute approximate surface area is 159 Å². The molecule has 0 atom stereocenters. The van der Waals surface area contributed by atoms with E-state index in [9.17, 15) is 9.18 Å². The molecule has 0 bridgehead atoms. The first-order valence-electron chi connectivity index (χ1n) is 8.36. The number of carbonyl (C=O) groups is 1. The van der Waals surface area contributed by atoms with E-state index in [-0.39, 0.29) is 17.8 Å². The largest absolute Gasteiger partial charge is 0.467 e. The number of rotatable bonds is 3. The van der Waals surface area contributed by atoms with Gasteiger partial charge in [-0.05, 0) is 42.5 Å². The van der Waals surface area contributed by atoms with E-state index in [1.54, 1.807) is 30.3 Å². The van der Waals surface area contributed by atoms with Crippen LogP contribution in [0.1, 0.15) is 23.2 Å². The first kappa shape index (κ1) is 17.2. The molecular weight excluding hydrogens is 375 g/mol. The number of piperidine rings is 1. The van der Waals surface area contributed by atoms with Gasteiger partial charge in [-0.25, -0.2) is 9.37 Å².